The number of aromatic nitrogens is 4. The molecule has 2 aromatic heterocycles. The normalized spacial score (nSPS) is 8.88. The van der Waals surface area contributed by atoms with Crippen molar-refractivity contribution in [2.45, 2.75) is 6.92 Å². The van der Waals surface area contributed by atoms with E-state index in [9.17, 15) is 0 Å². The first-order chi connectivity index (χ1) is 7.66. The summed E-state index contributed by atoms with van der Waals surface area (Å²) in [7, 11) is 1.74. The third kappa shape index (κ3) is 3.61. The zero-order chi connectivity index (χ0) is 12.1. The number of halogens is 1. The van der Waals surface area contributed by atoms with Gasteiger partial charge in [0.2, 0.25) is 11.1 Å². The first-order valence-electron chi connectivity index (χ1n) is 4.46. The van der Waals surface area contributed by atoms with E-state index in [4.69, 9.17) is 16.4 Å². The molecule has 0 aliphatic carbocycles. The molecule has 92 valence electrons. The number of aryl methyl sites for hydroxylation is 2. The Morgan fingerprint density at radius 2 is 1.94 bits per heavy atom. The number of nitrogens with zero attached hydrogens (tertiary/aromatic N) is 4. The Bertz CT molecular complexity index is 467. The SMILES string of the molecule is C=O.Cc1cccc(-c2nc(Cl)n(C)n2)n1.O. The highest BCUT2D eigenvalue weighted by molar-refractivity contribution is 6.28. The maximum Gasteiger partial charge on any atom is 0.221 e. The van der Waals surface area contributed by atoms with Crippen LogP contribution in [0.15, 0.2) is 18.2 Å². The van der Waals surface area contributed by atoms with E-state index < -0.39 is 0 Å². The predicted molar refractivity (Wildman–Crippen MR) is 64.7 cm³/mol. The maximum absolute atomic E-state index is 8.00. The molecule has 0 fully saturated rings. The Balaban J connectivity index is 0.000000811. The van der Waals surface area contributed by atoms with Crippen LogP contribution in [0.1, 0.15) is 5.69 Å². The topological polar surface area (TPSA) is 92.2 Å². The Labute approximate surface area is 104 Å². The number of hydrogen-bond acceptors (Lipinski definition) is 4. The lowest BCUT2D eigenvalue weighted by Gasteiger charge is -1.94. The molecule has 0 bridgehead atoms. The molecule has 2 heterocycles. The third-order valence-electron chi connectivity index (χ3n) is 1.83. The standard InChI is InChI=1S/C9H9ClN4.CH2O.H2O/c1-6-4-3-5-7(11-6)8-12-9(10)14(2)13-8;1-2;/h3-5H,1-2H3;1H2;1H2. The van der Waals surface area contributed by atoms with Gasteiger partial charge in [-0.1, -0.05) is 6.07 Å². The lowest BCUT2D eigenvalue weighted by atomic mass is 10.3. The lowest BCUT2D eigenvalue weighted by molar-refractivity contribution is -0.0979. The quantitative estimate of drug-likeness (QED) is 0.755. The van der Waals surface area contributed by atoms with E-state index >= 15 is 0 Å². The van der Waals surface area contributed by atoms with Crippen LogP contribution in [0.4, 0.5) is 0 Å². The molecule has 6 nitrogen and oxygen atoms in total. The second kappa shape index (κ2) is 6.72. The fraction of sp³-hybridized carbons (Fsp3) is 0.200. The first-order valence-corrected chi connectivity index (χ1v) is 4.84. The third-order valence-corrected chi connectivity index (χ3v) is 2.16. The molecule has 0 aliphatic rings. The van der Waals surface area contributed by atoms with Crippen molar-refractivity contribution in [3.63, 3.8) is 0 Å². The molecule has 0 spiro atoms. The van der Waals surface area contributed by atoms with E-state index in [1.807, 2.05) is 31.9 Å². The van der Waals surface area contributed by atoms with Gasteiger partial charge < -0.3 is 10.3 Å². The van der Waals surface area contributed by atoms with Crippen LogP contribution in [-0.2, 0) is 11.8 Å². The van der Waals surface area contributed by atoms with Crippen LogP contribution in [0.2, 0.25) is 5.28 Å². The first kappa shape index (κ1) is 15.2. The zero-order valence-electron chi connectivity index (χ0n) is 9.51. The molecule has 7 heteroatoms. The predicted octanol–water partition coefficient (Wildman–Crippen LogP) is 0.829. The van der Waals surface area contributed by atoms with Crippen molar-refractivity contribution in [3.8, 4) is 11.5 Å². The highest BCUT2D eigenvalue weighted by atomic mass is 35.5. The van der Waals surface area contributed by atoms with Crippen LogP contribution in [0.5, 0.6) is 0 Å². The van der Waals surface area contributed by atoms with Gasteiger partial charge in [0.25, 0.3) is 0 Å². The van der Waals surface area contributed by atoms with Gasteiger partial charge in [-0.25, -0.2) is 9.67 Å². The molecular formula is C10H13ClN4O2. The summed E-state index contributed by atoms with van der Waals surface area (Å²) >= 11 is 5.78. The van der Waals surface area contributed by atoms with Gasteiger partial charge in [0.15, 0.2) is 0 Å². The summed E-state index contributed by atoms with van der Waals surface area (Å²) in [6, 6.07) is 5.70. The van der Waals surface area contributed by atoms with Crippen LogP contribution in [0.3, 0.4) is 0 Å². The summed E-state index contributed by atoms with van der Waals surface area (Å²) in [5, 5.41) is 4.50. The summed E-state index contributed by atoms with van der Waals surface area (Å²) in [5.41, 5.74) is 1.68. The molecule has 0 aromatic carbocycles. The summed E-state index contributed by atoms with van der Waals surface area (Å²) < 4.78 is 1.51. The number of hydrogen-bond donors (Lipinski definition) is 0. The van der Waals surface area contributed by atoms with Crippen molar-refractivity contribution in [2.24, 2.45) is 7.05 Å². The van der Waals surface area contributed by atoms with Gasteiger partial charge in [0.1, 0.15) is 12.5 Å². The molecule has 2 N–H and O–H groups in total. The summed E-state index contributed by atoms with van der Waals surface area (Å²) in [5.74, 6) is 0.557. The molecule has 0 saturated carbocycles. The smallest absolute Gasteiger partial charge is 0.221 e. The number of carbonyl (C=O) groups excluding carboxylic acids is 1. The van der Waals surface area contributed by atoms with Crippen molar-refractivity contribution in [1.82, 2.24) is 19.7 Å². The molecule has 2 aromatic rings. The zero-order valence-corrected chi connectivity index (χ0v) is 10.3. The lowest BCUT2D eigenvalue weighted by Crippen LogP contribution is -1.91. The molecule has 0 saturated heterocycles. The van der Waals surface area contributed by atoms with Gasteiger partial charge >= 0.3 is 0 Å². The van der Waals surface area contributed by atoms with Gasteiger partial charge in [0.05, 0.1) is 0 Å². The van der Waals surface area contributed by atoms with Crippen molar-refractivity contribution in [3.05, 3.63) is 29.2 Å². The fourth-order valence-corrected chi connectivity index (χ4v) is 1.26. The average molecular weight is 257 g/mol. The second-order valence-corrected chi connectivity index (χ2v) is 3.33. The highest BCUT2D eigenvalue weighted by Gasteiger charge is 2.07. The molecule has 0 unspecified atom stereocenters. The monoisotopic (exact) mass is 256 g/mol. The van der Waals surface area contributed by atoms with E-state index in [-0.39, 0.29) is 5.48 Å². The van der Waals surface area contributed by atoms with E-state index in [1.54, 1.807) is 7.05 Å². The number of rotatable bonds is 1. The molecule has 0 aliphatic heterocycles. The number of carbonyl (C=O) groups is 1. The Hall–Kier alpha value is -1.79. The van der Waals surface area contributed by atoms with E-state index in [2.05, 4.69) is 15.1 Å². The largest absolute Gasteiger partial charge is 0.412 e. The molecule has 0 radical (unpaired) electrons. The van der Waals surface area contributed by atoms with Crippen molar-refractivity contribution in [2.75, 3.05) is 0 Å². The van der Waals surface area contributed by atoms with Crippen LogP contribution in [0.25, 0.3) is 11.5 Å². The average Bonchev–Trinajstić information content (AvgIpc) is 2.62. The molecule has 17 heavy (non-hydrogen) atoms. The van der Waals surface area contributed by atoms with Crippen molar-refractivity contribution >= 4 is 18.4 Å². The van der Waals surface area contributed by atoms with Crippen LogP contribution < -0.4 is 0 Å². The van der Waals surface area contributed by atoms with E-state index in [0.29, 0.717) is 11.1 Å². The van der Waals surface area contributed by atoms with Crippen LogP contribution in [-0.4, -0.2) is 32.0 Å². The maximum atomic E-state index is 8.00. The minimum atomic E-state index is 0. The molecule has 0 atom stereocenters. The number of pyridine rings is 1. The minimum Gasteiger partial charge on any atom is -0.412 e. The van der Waals surface area contributed by atoms with Gasteiger partial charge in [-0.15, -0.1) is 5.10 Å². The highest BCUT2D eigenvalue weighted by Crippen LogP contribution is 2.14. The Kier molecular flexibility index (Phi) is 6.01. The molecular weight excluding hydrogens is 244 g/mol. The van der Waals surface area contributed by atoms with E-state index in [0.717, 1.165) is 11.4 Å². The van der Waals surface area contributed by atoms with Gasteiger partial charge in [0, 0.05) is 12.7 Å². The van der Waals surface area contributed by atoms with Crippen LogP contribution in [0, 0.1) is 6.92 Å². The Morgan fingerprint density at radius 3 is 2.41 bits per heavy atom. The van der Waals surface area contributed by atoms with E-state index in [1.165, 1.54) is 4.68 Å². The van der Waals surface area contributed by atoms with Gasteiger partial charge in [-0.05, 0) is 30.7 Å². The van der Waals surface area contributed by atoms with Gasteiger partial charge in [-0.3, -0.25) is 0 Å². The summed E-state index contributed by atoms with van der Waals surface area (Å²) in [6.07, 6.45) is 0. The second-order valence-electron chi connectivity index (χ2n) is 2.99. The minimum absolute atomic E-state index is 0. The molecule has 0 amide bonds. The fourth-order valence-electron chi connectivity index (χ4n) is 1.14. The van der Waals surface area contributed by atoms with Crippen LogP contribution >= 0.6 is 11.6 Å². The van der Waals surface area contributed by atoms with Crippen molar-refractivity contribution in [1.29, 1.82) is 0 Å². The van der Waals surface area contributed by atoms with Crippen molar-refractivity contribution < 1.29 is 10.3 Å². The Morgan fingerprint density at radius 1 is 1.29 bits per heavy atom. The summed E-state index contributed by atoms with van der Waals surface area (Å²) in [4.78, 5) is 16.4. The summed E-state index contributed by atoms with van der Waals surface area (Å²) in [6.45, 7) is 3.92. The van der Waals surface area contributed by atoms with Gasteiger partial charge in [-0.2, -0.15) is 4.98 Å². The molecule has 2 rings (SSSR count).